The Labute approximate surface area is 200 Å². The van der Waals surface area contributed by atoms with Crippen molar-refractivity contribution in [2.24, 2.45) is 11.7 Å². The number of rotatable bonds is 6. The van der Waals surface area contributed by atoms with Gasteiger partial charge in [-0.1, -0.05) is 0 Å². The third-order valence-electron chi connectivity index (χ3n) is 6.98. The van der Waals surface area contributed by atoms with Crippen LogP contribution in [0.25, 0.3) is 11.3 Å². The summed E-state index contributed by atoms with van der Waals surface area (Å²) in [6.07, 6.45) is 5.95. The van der Waals surface area contributed by atoms with E-state index in [4.69, 9.17) is 10.5 Å². The van der Waals surface area contributed by atoms with Crippen LogP contribution in [0.3, 0.4) is 0 Å². The largest absolute Gasteiger partial charge is 0.396 e. The van der Waals surface area contributed by atoms with Gasteiger partial charge in [-0.25, -0.2) is 8.78 Å². The lowest BCUT2D eigenvalue weighted by Gasteiger charge is -2.27. The van der Waals surface area contributed by atoms with E-state index in [0.29, 0.717) is 25.6 Å². The molecule has 3 N–H and O–H groups in total. The van der Waals surface area contributed by atoms with Gasteiger partial charge in [0.15, 0.2) is 11.3 Å². The number of carbonyl (C=O) groups is 1. The van der Waals surface area contributed by atoms with Gasteiger partial charge in [0.1, 0.15) is 11.9 Å². The molecule has 1 saturated carbocycles. The molecule has 1 saturated heterocycles. The smallest absolute Gasteiger partial charge is 0.363 e. The first-order chi connectivity index (χ1) is 17.0. The summed E-state index contributed by atoms with van der Waals surface area (Å²) >= 11 is 0. The third-order valence-corrected chi connectivity index (χ3v) is 6.98. The maximum absolute atomic E-state index is 14.1. The highest BCUT2D eigenvalue weighted by atomic mass is 19.3. The summed E-state index contributed by atoms with van der Waals surface area (Å²) in [7, 11) is 0. The number of alkyl halides is 2. The van der Waals surface area contributed by atoms with Crippen molar-refractivity contribution < 1.29 is 27.9 Å². The van der Waals surface area contributed by atoms with Gasteiger partial charge in [-0.3, -0.25) is 9.48 Å². The summed E-state index contributed by atoms with van der Waals surface area (Å²) in [5, 5.41) is 13.6. The zero-order valence-electron chi connectivity index (χ0n) is 19.4. The molecule has 3 aromatic rings. The molecule has 1 aliphatic carbocycles. The average molecular weight is 491 g/mol. The van der Waals surface area contributed by atoms with Gasteiger partial charge in [-0.15, -0.1) is 4.52 Å². The molecule has 1 amide bonds. The number of hydrogen-bond acceptors (Lipinski definition) is 6. The number of nitrogens with zero attached hydrogens (tertiary/aromatic N) is 6. The van der Waals surface area contributed by atoms with Gasteiger partial charge in [0.2, 0.25) is 5.82 Å². The molecule has 188 valence electrons. The number of fused-ring (bicyclic) bond motifs is 1. The van der Waals surface area contributed by atoms with Crippen molar-refractivity contribution in [3.63, 3.8) is 0 Å². The molecule has 1 aliphatic heterocycles. The number of aliphatic hydroxyl groups excluding tert-OH is 1. The monoisotopic (exact) mass is 490 g/mol. The normalized spacial score (nSPS) is 21.5. The molecule has 0 bridgehead atoms. The Kier molecular flexibility index (Phi) is 6.65. The maximum Gasteiger partial charge on any atom is 0.363 e. The van der Waals surface area contributed by atoms with Crippen LogP contribution in [0.15, 0.2) is 24.7 Å². The van der Waals surface area contributed by atoms with E-state index >= 15 is 0 Å². The van der Waals surface area contributed by atoms with Crippen molar-refractivity contribution in [2.75, 3.05) is 37.8 Å². The highest BCUT2D eigenvalue weighted by molar-refractivity contribution is 5.97. The summed E-state index contributed by atoms with van der Waals surface area (Å²) in [5.41, 5.74) is 5.86. The Bertz CT molecular complexity index is 1200. The number of nitrogens with two attached hydrogens (primary N) is 1. The molecule has 35 heavy (non-hydrogen) atoms. The van der Waals surface area contributed by atoms with Crippen molar-refractivity contribution in [2.45, 2.75) is 44.6 Å². The lowest BCUT2D eigenvalue weighted by atomic mass is 9.87. The van der Waals surface area contributed by atoms with Gasteiger partial charge in [-0.05, 0) is 43.0 Å². The van der Waals surface area contributed by atoms with Gasteiger partial charge < -0.3 is 20.5 Å². The fraction of sp³-hybridized carbons (Fsp3) is 0.565. The SMILES string of the molecule is NC(=O)c1cn(-c2cn([C@H]3CC[C@H](CO)CC3)nc2C(F)F)[n+]2ccc(N3CCCOCC3)nc12. The number of ether oxygens (including phenoxy) is 1. The van der Waals surface area contributed by atoms with E-state index < -0.39 is 12.3 Å². The van der Waals surface area contributed by atoms with E-state index in [1.54, 1.807) is 27.7 Å². The van der Waals surface area contributed by atoms with E-state index in [1.165, 1.54) is 10.9 Å². The molecule has 4 heterocycles. The molecule has 2 aliphatic rings. The number of carbonyl (C=O) groups excluding carboxylic acids is 1. The highest BCUT2D eigenvalue weighted by Gasteiger charge is 2.31. The number of primary amides is 1. The molecule has 10 nitrogen and oxygen atoms in total. The second kappa shape index (κ2) is 9.86. The van der Waals surface area contributed by atoms with Crippen molar-refractivity contribution in [3.05, 3.63) is 35.9 Å². The minimum atomic E-state index is -2.81. The molecule has 0 spiro atoms. The Morgan fingerprint density at radius 2 is 2.03 bits per heavy atom. The zero-order valence-corrected chi connectivity index (χ0v) is 19.4. The van der Waals surface area contributed by atoms with E-state index in [-0.39, 0.29) is 41.2 Å². The molecule has 0 unspecified atom stereocenters. The summed E-state index contributed by atoms with van der Waals surface area (Å²) in [4.78, 5) is 19.0. The minimum absolute atomic E-state index is 0.0264. The predicted octanol–water partition coefficient (Wildman–Crippen LogP) is 1.79. The fourth-order valence-corrected chi connectivity index (χ4v) is 5.02. The van der Waals surface area contributed by atoms with Crippen molar-refractivity contribution >= 4 is 17.4 Å². The number of aliphatic hydroxyl groups is 1. The van der Waals surface area contributed by atoms with E-state index in [9.17, 15) is 18.7 Å². The minimum Gasteiger partial charge on any atom is -0.396 e. The van der Waals surface area contributed by atoms with Gasteiger partial charge in [0.25, 0.3) is 12.3 Å². The molecule has 5 rings (SSSR count). The van der Waals surface area contributed by atoms with Crippen LogP contribution >= 0.6 is 0 Å². The Morgan fingerprint density at radius 3 is 2.74 bits per heavy atom. The van der Waals surface area contributed by atoms with E-state index in [0.717, 1.165) is 38.6 Å². The van der Waals surface area contributed by atoms with Crippen LogP contribution in [0.1, 0.15) is 60.6 Å². The van der Waals surface area contributed by atoms with Crippen LogP contribution in [-0.4, -0.2) is 63.4 Å². The maximum atomic E-state index is 14.1. The summed E-state index contributed by atoms with van der Waals surface area (Å²) in [6.45, 7) is 2.82. The topological polar surface area (TPSA) is 116 Å². The van der Waals surface area contributed by atoms with Crippen LogP contribution in [0, 0.1) is 5.92 Å². The fourth-order valence-electron chi connectivity index (χ4n) is 5.02. The van der Waals surface area contributed by atoms with Crippen molar-refractivity contribution in [1.82, 2.24) is 19.4 Å². The predicted molar refractivity (Wildman–Crippen MR) is 122 cm³/mol. The molecule has 12 heteroatoms. The Balaban J connectivity index is 1.56. The second-order valence-electron chi connectivity index (χ2n) is 9.20. The number of amides is 1. The summed E-state index contributed by atoms with van der Waals surface area (Å²) in [5.74, 6) is 0.216. The van der Waals surface area contributed by atoms with Gasteiger partial charge in [-0.2, -0.15) is 9.78 Å². The molecule has 0 radical (unpaired) electrons. The van der Waals surface area contributed by atoms with Crippen LogP contribution in [0.2, 0.25) is 0 Å². The molecule has 0 atom stereocenters. The first-order valence-corrected chi connectivity index (χ1v) is 12.0. The molecular formula is C23H30F2N7O3+. The van der Waals surface area contributed by atoms with Gasteiger partial charge in [0, 0.05) is 32.4 Å². The average Bonchev–Trinajstić information content (AvgIpc) is 3.36. The Morgan fingerprint density at radius 1 is 1.23 bits per heavy atom. The van der Waals surface area contributed by atoms with Crippen molar-refractivity contribution in [3.8, 4) is 5.69 Å². The number of anilines is 1. The molecule has 0 aromatic carbocycles. The lowest BCUT2D eigenvalue weighted by Crippen LogP contribution is -2.34. The van der Waals surface area contributed by atoms with Gasteiger partial charge in [0.05, 0.1) is 25.0 Å². The molecule has 3 aromatic heterocycles. The van der Waals surface area contributed by atoms with E-state index in [1.807, 2.05) is 0 Å². The molecular weight excluding hydrogens is 460 g/mol. The molecule has 2 fully saturated rings. The second-order valence-corrected chi connectivity index (χ2v) is 9.20. The van der Waals surface area contributed by atoms with Crippen LogP contribution < -0.4 is 15.1 Å². The first kappa shape index (κ1) is 23.6. The number of halogens is 2. The number of aromatic nitrogens is 5. The third kappa shape index (κ3) is 4.59. The highest BCUT2D eigenvalue weighted by Crippen LogP contribution is 2.34. The Hall–Kier alpha value is -3.12. The van der Waals surface area contributed by atoms with Crippen molar-refractivity contribution in [1.29, 1.82) is 0 Å². The summed E-state index contributed by atoms with van der Waals surface area (Å²) in [6, 6.07) is 1.77. The van der Waals surface area contributed by atoms with Gasteiger partial charge >= 0.3 is 5.65 Å². The zero-order chi connectivity index (χ0) is 24.5. The summed E-state index contributed by atoms with van der Waals surface area (Å²) < 4.78 is 38.2. The quantitative estimate of drug-likeness (QED) is 0.509. The first-order valence-electron chi connectivity index (χ1n) is 12.0. The van der Waals surface area contributed by atoms with Crippen LogP contribution in [0.4, 0.5) is 14.6 Å². The number of hydrogen-bond donors (Lipinski definition) is 2. The lowest BCUT2D eigenvalue weighted by molar-refractivity contribution is -0.600. The van der Waals surface area contributed by atoms with E-state index in [2.05, 4.69) is 15.0 Å². The standard InChI is InChI=1S/C23H29F2N7O3/c24-21(25)20-18(13-30(28-20)16-4-2-15(14-33)3-5-16)32-12-17(22(26)34)23-27-19(6-8-31(23)32)29-7-1-10-35-11-9-29/h6,8,12-13,15-16,21,33H,1-5,7,9-11,14H2,(H-,26,34)/p+1/t15-,16-. The van der Waals surface area contributed by atoms with Crippen LogP contribution in [0.5, 0.6) is 0 Å². The van der Waals surface area contributed by atoms with Crippen LogP contribution in [-0.2, 0) is 4.74 Å².